The van der Waals surface area contributed by atoms with Crippen molar-refractivity contribution in [3.63, 3.8) is 0 Å². The van der Waals surface area contributed by atoms with Crippen LogP contribution in [-0.2, 0) is 0 Å². The van der Waals surface area contributed by atoms with Crippen molar-refractivity contribution in [2.24, 2.45) is 5.84 Å². The van der Waals surface area contributed by atoms with Gasteiger partial charge in [-0.15, -0.1) is 0 Å². The van der Waals surface area contributed by atoms with Crippen molar-refractivity contribution < 1.29 is 4.79 Å². The number of amides is 1. The smallest absolute Gasteiger partial charge is 0.269 e. The van der Waals surface area contributed by atoms with Gasteiger partial charge in [0, 0.05) is 19.4 Å². The Balaban J connectivity index is 2.86. The third-order valence-corrected chi connectivity index (χ3v) is 1.23. The third kappa shape index (κ3) is 1.75. The summed E-state index contributed by atoms with van der Waals surface area (Å²) in [6.07, 6.45) is 3.08. The monoisotopic (exact) mass is 151 g/mol. The van der Waals surface area contributed by atoms with E-state index in [1.165, 1.54) is 13.2 Å². The van der Waals surface area contributed by atoms with E-state index >= 15 is 0 Å². The fourth-order valence-electron chi connectivity index (χ4n) is 0.693. The molecule has 11 heavy (non-hydrogen) atoms. The summed E-state index contributed by atoms with van der Waals surface area (Å²) >= 11 is 0. The molecular weight excluding hydrogens is 142 g/mol. The van der Waals surface area contributed by atoms with Crippen molar-refractivity contribution in [1.82, 2.24) is 9.99 Å². The summed E-state index contributed by atoms with van der Waals surface area (Å²) in [5.41, 5.74) is 0.498. The lowest BCUT2D eigenvalue weighted by Crippen LogP contribution is -2.33. The number of hydrogen-bond donors (Lipinski definition) is 1. The van der Waals surface area contributed by atoms with Gasteiger partial charge in [-0.2, -0.15) is 0 Å². The summed E-state index contributed by atoms with van der Waals surface area (Å²) in [5, 5.41) is 1.02. The first kappa shape index (κ1) is 7.68. The average Bonchev–Trinajstić information content (AvgIpc) is 2.05. The van der Waals surface area contributed by atoms with Crippen LogP contribution in [0, 0.1) is 0 Å². The van der Waals surface area contributed by atoms with E-state index in [2.05, 4.69) is 4.98 Å². The first-order valence-corrected chi connectivity index (χ1v) is 3.14. The second-order valence-electron chi connectivity index (χ2n) is 2.16. The predicted octanol–water partition coefficient (Wildman–Crippen LogP) is 0.0273. The van der Waals surface area contributed by atoms with Crippen molar-refractivity contribution in [2.75, 3.05) is 7.05 Å². The van der Waals surface area contributed by atoms with E-state index in [1.54, 1.807) is 18.3 Å². The van der Waals surface area contributed by atoms with Crippen LogP contribution in [0.25, 0.3) is 0 Å². The number of rotatable bonds is 1. The maximum atomic E-state index is 11.1. The summed E-state index contributed by atoms with van der Waals surface area (Å²) in [6, 6.07) is 3.36. The molecule has 0 radical (unpaired) electrons. The van der Waals surface area contributed by atoms with Gasteiger partial charge in [0.15, 0.2) is 0 Å². The van der Waals surface area contributed by atoms with Gasteiger partial charge in [0.25, 0.3) is 5.91 Å². The standard InChI is InChI=1S/C7H9N3O/c1-10(8)7(11)6-3-2-4-9-5-6/h2-5H,8H2,1H3. The normalized spacial score (nSPS) is 9.27. The first-order valence-electron chi connectivity index (χ1n) is 3.14. The van der Waals surface area contributed by atoms with E-state index in [1.807, 2.05) is 0 Å². The van der Waals surface area contributed by atoms with Gasteiger partial charge in [-0.25, -0.2) is 5.84 Å². The highest BCUT2D eigenvalue weighted by atomic mass is 16.2. The summed E-state index contributed by atoms with van der Waals surface area (Å²) in [4.78, 5) is 14.9. The molecule has 0 unspecified atom stereocenters. The summed E-state index contributed by atoms with van der Waals surface area (Å²) in [5.74, 6) is 4.99. The van der Waals surface area contributed by atoms with Crippen LogP contribution < -0.4 is 5.84 Å². The first-order chi connectivity index (χ1) is 5.22. The minimum atomic E-state index is -0.238. The zero-order valence-corrected chi connectivity index (χ0v) is 6.19. The SMILES string of the molecule is CN(N)C(=O)c1cccnc1. The van der Waals surface area contributed by atoms with Gasteiger partial charge in [0.05, 0.1) is 5.56 Å². The van der Waals surface area contributed by atoms with Crippen LogP contribution in [-0.4, -0.2) is 22.9 Å². The molecule has 0 saturated carbocycles. The van der Waals surface area contributed by atoms with Gasteiger partial charge in [0.2, 0.25) is 0 Å². The Kier molecular flexibility index (Phi) is 2.18. The van der Waals surface area contributed by atoms with Gasteiger partial charge < -0.3 is 0 Å². The van der Waals surface area contributed by atoms with E-state index in [0.717, 1.165) is 5.01 Å². The highest BCUT2D eigenvalue weighted by Gasteiger charge is 2.06. The number of hydrazine groups is 1. The van der Waals surface area contributed by atoms with E-state index in [9.17, 15) is 4.79 Å². The molecule has 0 fully saturated rings. The molecule has 0 atom stereocenters. The van der Waals surface area contributed by atoms with Gasteiger partial charge in [-0.05, 0) is 12.1 Å². The van der Waals surface area contributed by atoms with Crippen LogP contribution in [0.3, 0.4) is 0 Å². The molecule has 0 bridgehead atoms. The van der Waals surface area contributed by atoms with Crippen LogP contribution >= 0.6 is 0 Å². The maximum Gasteiger partial charge on any atom is 0.269 e. The minimum Gasteiger partial charge on any atom is -0.280 e. The van der Waals surface area contributed by atoms with Gasteiger partial charge in [-0.1, -0.05) is 0 Å². The molecule has 0 aliphatic rings. The lowest BCUT2D eigenvalue weighted by molar-refractivity contribution is 0.0795. The molecule has 58 valence electrons. The maximum absolute atomic E-state index is 11.1. The Morgan fingerprint density at radius 3 is 2.91 bits per heavy atom. The quantitative estimate of drug-likeness (QED) is 0.350. The number of aromatic nitrogens is 1. The molecule has 0 aliphatic carbocycles. The molecule has 4 heteroatoms. The van der Waals surface area contributed by atoms with Crippen LogP contribution in [0.4, 0.5) is 0 Å². The summed E-state index contributed by atoms with van der Waals surface area (Å²) < 4.78 is 0. The van der Waals surface area contributed by atoms with E-state index in [4.69, 9.17) is 5.84 Å². The fraction of sp³-hybridized carbons (Fsp3) is 0.143. The lowest BCUT2D eigenvalue weighted by Gasteiger charge is -2.08. The Bertz CT molecular complexity index is 245. The molecule has 2 N–H and O–H groups in total. The Labute approximate surface area is 64.6 Å². The molecule has 0 spiro atoms. The molecule has 1 amide bonds. The Morgan fingerprint density at radius 1 is 1.73 bits per heavy atom. The van der Waals surface area contributed by atoms with Gasteiger partial charge in [0.1, 0.15) is 0 Å². The topological polar surface area (TPSA) is 59.2 Å². The molecule has 1 heterocycles. The van der Waals surface area contributed by atoms with Crippen LogP contribution in [0.1, 0.15) is 10.4 Å². The summed E-state index contributed by atoms with van der Waals surface area (Å²) in [6.45, 7) is 0. The van der Waals surface area contributed by atoms with Crippen molar-refractivity contribution in [3.05, 3.63) is 30.1 Å². The molecule has 4 nitrogen and oxygen atoms in total. The highest BCUT2D eigenvalue weighted by Crippen LogP contribution is 1.96. The van der Waals surface area contributed by atoms with Crippen molar-refractivity contribution in [1.29, 1.82) is 0 Å². The number of carbonyl (C=O) groups excluding carboxylic acids is 1. The fourth-order valence-corrected chi connectivity index (χ4v) is 0.693. The molecule has 0 aromatic carbocycles. The second kappa shape index (κ2) is 3.12. The number of pyridine rings is 1. The number of hydrogen-bond acceptors (Lipinski definition) is 3. The van der Waals surface area contributed by atoms with Crippen molar-refractivity contribution in [2.45, 2.75) is 0 Å². The van der Waals surface area contributed by atoms with Gasteiger partial charge >= 0.3 is 0 Å². The lowest BCUT2D eigenvalue weighted by atomic mass is 10.3. The molecule has 1 aromatic rings. The van der Waals surface area contributed by atoms with Crippen LogP contribution in [0.2, 0.25) is 0 Å². The molecule has 1 rings (SSSR count). The molecule has 0 aliphatic heterocycles. The number of carbonyl (C=O) groups is 1. The Hall–Kier alpha value is -1.42. The summed E-state index contributed by atoms with van der Waals surface area (Å²) in [7, 11) is 1.50. The van der Waals surface area contributed by atoms with Crippen molar-refractivity contribution >= 4 is 5.91 Å². The molecule has 1 aromatic heterocycles. The van der Waals surface area contributed by atoms with E-state index in [-0.39, 0.29) is 5.91 Å². The predicted molar refractivity (Wildman–Crippen MR) is 40.5 cm³/mol. The van der Waals surface area contributed by atoms with E-state index < -0.39 is 0 Å². The third-order valence-electron chi connectivity index (χ3n) is 1.23. The second-order valence-corrected chi connectivity index (χ2v) is 2.16. The Morgan fingerprint density at radius 2 is 2.45 bits per heavy atom. The highest BCUT2D eigenvalue weighted by molar-refractivity contribution is 5.93. The molecule has 0 saturated heterocycles. The largest absolute Gasteiger partial charge is 0.280 e. The van der Waals surface area contributed by atoms with Gasteiger partial charge in [-0.3, -0.25) is 14.8 Å². The van der Waals surface area contributed by atoms with Crippen molar-refractivity contribution in [3.8, 4) is 0 Å². The minimum absolute atomic E-state index is 0.238. The van der Waals surface area contributed by atoms with Crippen LogP contribution in [0.15, 0.2) is 24.5 Å². The number of nitrogens with zero attached hydrogens (tertiary/aromatic N) is 2. The van der Waals surface area contributed by atoms with E-state index in [0.29, 0.717) is 5.56 Å². The average molecular weight is 151 g/mol. The zero-order valence-electron chi connectivity index (χ0n) is 6.19. The number of nitrogens with two attached hydrogens (primary N) is 1. The van der Waals surface area contributed by atoms with Crippen LogP contribution in [0.5, 0.6) is 0 Å². The zero-order chi connectivity index (χ0) is 8.27. The molecular formula is C7H9N3O.